The Bertz CT molecular complexity index is 934. The van der Waals surface area contributed by atoms with Crippen molar-refractivity contribution in [3.05, 3.63) is 74.6 Å². The predicted molar refractivity (Wildman–Crippen MR) is 135 cm³/mol. The summed E-state index contributed by atoms with van der Waals surface area (Å²) in [5, 5.41) is 24.0. The van der Waals surface area contributed by atoms with Crippen LogP contribution >= 0.6 is 0 Å². The van der Waals surface area contributed by atoms with Gasteiger partial charge in [-0.25, -0.2) is 4.39 Å². The minimum absolute atomic E-state index is 0.167. The van der Waals surface area contributed by atoms with Crippen molar-refractivity contribution in [2.45, 2.75) is 13.8 Å². The maximum Gasteiger partial charge on any atom is 0.272 e. The highest BCUT2D eigenvalue weighted by molar-refractivity contribution is 5.53. The van der Waals surface area contributed by atoms with Crippen molar-refractivity contribution in [3.63, 3.8) is 0 Å². The number of nitrogens with zero attached hydrogens (tertiary/aromatic N) is 5. The van der Waals surface area contributed by atoms with E-state index < -0.39 is 10.7 Å². The number of nitro benzene ring substituents is 2. The Morgan fingerprint density at radius 3 is 1.77 bits per heavy atom. The largest absolute Gasteiger partial charge is 0.369 e. The van der Waals surface area contributed by atoms with Gasteiger partial charge in [0.15, 0.2) is 0 Å². The second kappa shape index (κ2) is 15.0. The lowest BCUT2D eigenvalue weighted by molar-refractivity contribution is -0.385. The molecule has 2 aliphatic rings. The highest BCUT2D eigenvalue weighted by Crippen LogP contribution is 2.22. The maximum atomic E-state index is 12.2. The quantitative estimate of drug-likeness (QED) is 0.502. The van der Waals surface area contributed by atoms with Crippen LogP contribution in [0.2, 0.25) is 0 Å². The van der Waals surface area contributed by atoms with Crippen molar-refractivity contribution < 1.29 is 14.2 Å². The predicted octanol–water partition coefficient (Wildman–Crippen LogP) is 3.38. The molecule has 4 rings (SSSR count). The summed E-state index contributed by atoms with van der Waals surface area (Å²) in [5.74, 6) is -0.589. The van der Waals surface area contributed by atoms with E-state index in [0.717, 1.165) is 50.5 Å². The Hall–Kier alpha value is -3.15. The number of hydrogen-bond donors (Lipinski definition) is 1. The van der Waals surface area contributed by atoms with Crippen molar-refractivity contribution in [3.8, 4) is 0 Å². The molecule has 0 amide bonds. The smallest absolute Gasteiger partial charge is 0.272 e. The van der Waals surface area contributed by atoms with Gasteiger partial charge in [-0.05, 0) is 25.2 Å². The number of likely N-dealkylation sites (N-methyl/N-ethyl adjacent to an activating group) is 2. The third kappa shape index (κ3) is 9.93. The molecule has 2 aromatic rings. The molecule has 0 atom stereocenters. The Labute approximate surface area is 205 Å². The van der Waals surface area contributed by atoms with E-state index in [-0.39, 0.29) is 16.3 Å². The topological polar surface area (TPSA) is 108 Å². The Kier molecular flexibility index (Phi) is 12.0. The van der Waals surface area contributed by atoms with Gasteiger partial charge in [0.1, 0.15) is 5.82 Å². The SMILES string of the molecule is CCN1CCN(c2cccc([N+](=O)[O-])c2)CC1.CCN1CCNCC1.O=[N+]([O-])c1cccc(F)c1. The first kappa shape index (κ1) is 28.1. The van der Waals surface area contributed by atoms with Crippen molar-refractivity contribution >= 4 is 17.1 Å². The van der Waals surface area contributed by atoms with Crippen LogP contribution in [-0.2, 0) is 0 Å². The summed E-state index contributed by atoms with van der Waals surface area (Å²) in [6, 6.07) is 11.4. The van der Waals surface area contributed by atoms with E-state index >= 15 is 0 Å². The second-order valence-corrected chi connectivity index (χ2v) is 8.12. The van der Waals surface area contributed by atoms with Gasteiger partial charge in [0.25, 0.3) is 11.4 Å². The number of rotatable bonds is 5. The Morgan fingerprint density at radius 1 is 0.800 bits per heavy atom. The molecule has 11 heteroatoms. The molecule has 0 radical (unpaired) electrons. The number of anilines is 1. The lowest BCUT2D eigenvalue weighted by atomic mass is 10.2. The molecule has 0 aliphatic carbocycles. The van der Waals surface area contributed by atoms with Crippen molar-refractivity contribution in [2.75, 3.05) is 70.3 Å². The molecule has 0 bridgehead atoms. The molecule has 2 aromatic carbocycles. The zero-order valence-electron chi connectivity index (χ0n) is 20.4. The number of non-ortho nitro benzene ring substituents is 2. The van der Waals surface area contributed by atoms with Gasteiger partial charge in [-0.15, -0.1) is 0 Å². The highest BCUT2D eigenvalue weighted by atomic mass is 19.1. The van der Waals surface area contributed by atoms with E-state index in [9.17, 15) is 24.6 Å². The summed E-state index contributed by atoms with van der Waals surface area (Å²) in [5.41, 5.74) is 0.898. The van der Waals surface area contributed by atoms with Crippen molar-refractivity contribution in [2.24, 2.45) is 0 Å². The molecule has 2 fully saturated rings. The first-order chi connectivity index (χ1) is 16.8. The zero-order valence-corrected chi connectivity index (χ0v) is 20.4. The van der Waals surface area contributed by atoms with E-state index in [1.54, 1.807) is 12.1 Å². The Morgan fingerprint density at radius 2 is 1.31 bits per heavy atom. The molecule has 2 saturated heterocycles. The fraction of sp³-hybridized carbons (Fsp3) is 0.500. The molecule has 0 unspecified atom stereocenters. The standard InChI is InChI=1S/C12H17N3O2.C6H4FNO2.C6H14N2/c1-2-13-6-8-14(9-7-13)11-4-3-5-12(10-11)15(16)17;7-5-2-1-3-6(4-5)8(9)10;1-2-8-5-3-7-4-6-8/h3-5,10H,2,6-9H2,1H3;1-4H;7H,2-6H2,1H3. The van der Waals surface area contributed by atoms with Crippen LogP contribution in [0.5, 0.6) is 0 Å². The number of piperazine rings is 2. The minimum atomic E-state index is -0.636. The number of halogens is 1. The molecular weight excluding hydrogens is 455 g/mol. The lowest BCUT2D eigenvalue weighted by Crippen LogP contribution is -2.46. The molecule has 0 saturated carbocycles. The molecule has 2 heterocycles. The lowest BCUT2D eigenvalue weighted by Gasteiger charge is -2.35. The fourth-order valence-electron chi connectivity index (χ4n) is 3.74. The van der Waals surface area contributed by atoms with Gasteiger partial charge >= 0.3 is 0 Å². The van der Waals surface area contributed by atoms with Gasteiger partial charge < -0.3 is 20.0 Å². The first-order valence-corrected chi connectivity index (χ1v) is 11.9. The van der Waals surface area contributed by atoms with Gasteiger partial charge in [0, 0.05) is 76.2 Å². The average molecular weight is 491 g/mol. The van der Waals surface area contributed by atoms with Crippen LogP contribution in [0.1, 0.15) is 13.8 Å². The van der Waals surface area contributed by atoms with Gasteiger partial charge in [-0.2, -0.15) is 0 Å². The summed E-state index contributed by atoms with van der Waals surface area (Å²) >= 11 is 0. The molecular formula is C24H35FN6O4. The van der Waals surface area contributed by atoms with Crippen LogP contribution in [0.4, 0.5) is 21.5 Å². The number of hydrogen-bond acceptors (Lipinski definition) is 8. The van der Waals surface area contributed by atoms with Gasteiger partial charge in [0.05, 0.1) is 15.9 Å². The Balaban J connectivity index is 0.000000204. The molecule has 0 spiro atoms. The second-order valence-electron chi connectivity index (χ2n) is 8.12. The van der Waals surface area contributed by atoms with Crippen LogP contribution in [-0.4, -0.2) is 85.1 Å². The van der Waals surface area contributed by atoms with Gasteiger partial charge in [0.2, 0.25) is 0 Å². The summed E-state index contributed by atoms with van der Waals surface area (Å²) < 4.78 is 12.2. The van der Waals surface area contributed by atoms with E-state index in [0.29, 0.717) is 0 Å². The first-order valence-electron chi connectivity index (χ1n) is 11.9. The number of benzene rings is 2. The van der Waals surface area contributed by atoms with Crippen molar-refractivity contribution in [1.29, 1.82) is 0 Å². The van der Waals surface area contributed by atoms with E-state index in [4.69, 9.17) is 0 Å². The number of nitro groups is 2. The minimum Gasteiger partial charge on any atom is -0.369 e. The molecule has 1 N–H and O–H groups in total. The monoisotopic (exact) mass is 490 g/mol. The number of nitrogens with one attached hydrogen (secondary N) is 1. The van der Waals surface area contributed by atoms with Crippen LogP contribution < -0.4 is 10.2 Å². The van der Waals surface area contributed by atoms with Crippen LogP contribution in [0.3, 0.4) is 0 Å². The van der Waals surface area contributed by atoms with Crippen molar-refractivity contribution in [1.82, 2.24) is 15.1 Å². The summed E-state index contributed by atoms with van der Waals surface area (Å²) in [6.45, 7) is 15.4. The third-order valence-electron chi connectivity index (χ3n) is 5.90. The third-order valence-corrected chi connectivity index (χ3v) is 5.90. The molecule has 192 valence electrons. The zero-order chi connectivity index (χ0) is 25.6. The fourth-order valence-corrected chi connectivity index (χ4v) is 3.74. The average Bonchev–Trinajstić information content (AvgIpc) is 2.90. The molecule has 35 heavy (non-hydrogen) atoms. The molecule has 0 aromatic heterocycles. The van der Waals surface area contributed by atoms with E-state index in [2.05, 4.69) is 33.9 Å². The van der Waals surface area contributed by atoms with E-state index in [1.165, 1.54) is 50.9 Å². The summed E-state index contributed by atoms with van der Waals surface area (Å²) in [6.07, 6.45) is 0. The van der Waals surface area contributed by atoms with Crippen LogP contribution in [0.25, 0.3) is 0 Å². The molecule has 2 aliphatic heterocycles. The molecule has 10 nitrogen and oxygen atoms in total. The van der Waals surface area contributed by atoms with E-state index in [1.807, 2.05) is 6.07 Å². The maximum absolute atomic E-state index is 12.2. The van der Waals surface area contributed by atoms with Gasteiger partial charge in [-0.3, -0.25) is 20.2 Å². The summed E-state index contributed by atoms with van der Waals surface area (Å²) in [4.78, 5) is 26.8. The highest BCUT2D eigenvalue weighted by Gasteiger charge is 2.17. The van der Waals surface area contributed by atoms with Gasteiger partial charge in [-0.1, -0.05) is 26.0 Å². The van der Waals surface area contributed by atoms with Crippen LogP contribution in [0, 0.1) is 26.0 Å². The summed E-state index contributed by atoms with van der Waals surface area (Å²) in [7, 11) is 0. The normalized spacial score (nSPS) is 16.4. The van der Waals surface area contributed by atoms with Crippen LogP contribution in [0.15, 0.2) is 48.5 Å².